The standard InChI is InChI=1S/C18H13ClN2/c1-12-7-10-17-18(13-5-3-2-4-6-13)15-11-14(19)8-9-16(15)20-21(12)17/h2-11H,1H3. The Morgan fingerprint density at radius 2 is 1.76 bits per heavy atom. The van der Waals surface area contributed by atoms with Gasteiger partial charge >= 0.3 is 0 Å². The van der Waals surface area contributed by atoms with E-state index >= 15 is 0 Å². The van der Waals surface area contributed by atoms with Crippen LogP contribution in [0.1, 0.15) is 5.69 Å². The van der Waals surface area contributed by atoms with E-state index in [2.05, 4.69) is 43.3 Å². The third kappa shape index (κ3) is 1.91. The monoisotopic (exact) mass is 292 g/mol. The normalized spacial score (nSPS) is 11.3. The number of hydrogen-bond donors (Lipinski definition) is 0. The van der Waals surface area contributed by atoms with E-state index in [9.17, 15) is 0 Å². The third-order valence-corrected chi connectivity index (χ3v) is 4.03. The molecule has 2 heterocycles. The van der Waals surface area contributed by atoms with E-state index in [0.717, 1.165) is 27.1 Å². The fraction of sp³-hybridized carbons (Fsp3) is 0.0556. The molecule has 2 aromatic carbocycles. The van der Waals surface area contributed by atoms with Gasteiger partial charge in [0.25, 0.3) is 0 Å². The Balaban J connectivity index is 2.24. The van der Waals surface area contributed by atoms with E-state index in [1.54, 1.807) is 0 Å². The Bertz CT molecular complexity index is 955. The average molecular weight is 293 g/mol. The van der Waals surface area contributed by atoms with E-state index < -0.39 is 0 Å². The van der Waals surface area contributed by atoms with Crippen LogP contribution >= 0.6 is 11.6 Å². The number of benzene rings is 2. The Morgan fingerprint density at radius 3 is 2.57 bits per heavy atom. The largest absolute Gasteiger partial charge is 0.237 e. The van der Waals surface area contributed by atoms with Crippen LogP contribution in [-0.2, 0) is 0 Å². The molecule has 0 atom stereocenters. The minimum absolute atomic E-state index is 0.731. The van der Waals surface area contributed by atoms with Crippen LogP contribution in [0.5, 0.6) is 0 Å². The molecule has 0 aliphatic heterocycles. The van der Waals surface area contributed by atoms with Gasteiger partial charge in [0, 0.05) is 21.7 Å². The van der Waals surface area contributed by atoms with Gasteiger partial charge < -0.3 is 0 Å². The minimum atomic E-state index is 0.731. The molecule has 0 N–H and O–H groups in total. The van der Waals surface area contributed by atoms with Gasteiger partial charge in [0.1, 0.15) is 0 Å². The molecule has 0 amide bonds. The summed E-state index contributed by atoms with van der Waals surface area (Å²) in [5, 5.41) is 6.54. The van der Waals surface area contributed by atoms with Crippen molar-refractivity contribution >= 4 is 28.0 Å². The van der Waals surface area contributed by atoms with Crippen LogP contribution in [-0.4, -0.2) is 9.61 Å². The highest BCUT2D eigenvalue weighted by atomic mass is 35.5. The van der Waals surface area contributed by atoms with Gasteiger partial charge in [0.2, 0.25) is 0 Å². The first-order chi connectivity index (χ1) is 10.2. The molecular weight excluding hydrogens is 280 g/mol. The number of halogens is 1. The van der Waals surface area contributed by atoms with Crippen LogP contribution in [0.3, 0.4) is 0 Å². The van der Waals surface area contributed by atoms with Crippen LogP contribution in [0, 0.1) is 6.92 Å². The predicted octanol–water partition coefficient (Wildman–Crippen LogP) is 5.12. The number of nitrogens with zero attached hydrogens (tertiary/aromatic N) is 2. The molecule has 2 aromatic heterocycles. The van der Waals surface area contributed by atoms with Gasteiger partial charge in [-0.05, 0) is 42.8 Å². The molecule has 0 fully saturated rings. The van der Waals surface area contributed by atoms with E-state index in [0.29, 0.717) is 0 Å². The van der Waals surface area contributed by atoms with Crippen LogP contribution in [0.25, 0.3) is 27.5 Å². The summed E-state index contributed by atoms with van der Waals surface area (Å²) in [7, 11) is 0. The summed E-state index contributed by atoms with van der Waals surface area (Å²) in [6.45, 7) is 2.07. The molecule has 0 saturated heterocycles. The van der Waals surface area contributed by atoms with Crippen molar-refractivity contribution < 1.29 is 0 Å². The van der Waals surface area contributed by atoms with Crippen molar-refractivity contribution in [2.75, 3.05) is 0 Å². The summed E-state index contributed by atoms with van der Waals surface area (Å²) in [6.07, 6.45) is 0. The first-order valence-corrected chi connectivity index (χ1v) is 7.25. The fourth-order valence-electron chi connectivity index (χ4n) is 2.80. The SMILES string of the molecule is Cc1ccc2c(-c3ccccc3)c3cc(Cl)ccc3nn12. The molecule has 0 bridgehead atoms. The third-order valence-electron chi connectivity index (χ3n) is 3.80. The van der Waals surface area contributed by atoms with Crippen molar-refractivity contribution in [1.29, 1.82) is 0 Å². The Morgan fingerprint density at radius 1 is 0.952 bits per heavy atom. The lowest BCUT2D eigenvalue weighted by Gasteiger charge is -2.11. The van der Waals surface area contributed by atoms with Gasteiger partial charge in [0.05, 0.1) is 11.0 Å². The molecule has 0 saturated carbocycles. The molecule has 4 rings (SSSR count). The maximum Gasteiger partial charge on any atom is 0.0920 e. The molecule has 0 radical (unpaired) electrons. The van der Waals surface area contributed by atoms with Gasteiger partial charge in [0.15, 0.2) is 0 Å². The molecule has 0 aliphatic rings. The Labute approximate surface area is 127 Å². The highest BCUT2D eigenvalue weighted by Gasteiger charge is 2.12. The topological polar surface area (TPSA) is 17.3 Å². The van der Waals surface area contributed by atoms with Crippen LogP contribution < -0.4 is 0 Å². The number of rotatable bonds is 1. The van der Waals surface area contributed by atoms with Gasteiger partial charge in [-0.15, -0.1) is 0 Å². The van der Waals surface area contributed by atoms with Crippen molar-refractivity contribution in [1.82, 2.24) is 9.61 Å². The van der Waals surface area contributed by atoms with Gasteiger partial charge in [-0.2, -0.15) is 5.10 Å². The second-order valence-corrected chi connectivity index (χ2v) is 5.61. The maximum atomic E-state index is 6.20. The lowest BCUT2D eigenvalue weighted by atomic mass is 10.0. The van der Waals surface area contributed by atoms with Crippen molar-refractivity contribution in [2.24, 2.45) is 0 Å². The Kier molecular flexibility index (Phi) is 2.72. The van der Waals surface area contributed by atoms with Crippen molar-refractivity contribution in [3.05, 3.63) is 71.4 Å². The van der Waals surface area contributed by atoms with Crippen LogP contribution in [0.15, 0.2) is 60.7 Å². The summed E-state index contributed by atoms with van der Waals surface area (Å²) in [4.78, 5) is 0. The van der Waals surface area contributed by atoms with E-state index in [4.69, 9.17) is 16.7 Å². The summed E-state index contributed by atoms with van der Waals surface area (Å²) in [5.74, 6) is 0. The van der Waals surface area contributed by atoms with E-state index in [1.165, 1.54) is 11.1 Å². The number of aryl methyl sites for hydroxylation is 1. The summed E-state index contributed by atoms with van der Waals surface area (Å²) < 4.78 is 2.00. The Hall–Kier alpha value is -2.32. The quantitative estimate of drug-likeness (QED) is 0.476. The lowest BCUT2D eigenvalue weighted by molar-refractivity contribution is 0.931. The van der Waals surface area contributed by atoms with Crippen molar-refractivity contribution in [3.63, 3.8) is 0 Å². The highest BCUT2D eigenvalue weighted by Crippen LogP contribution is 2.33. The minimum Gasteiger partial charge on any atom is -0.237 e. The second-order valence-electron chi connectivity index (χ2n) is 5.17. The summed E-state index contributed by atoms with van der Waals surface area (Å²) >= 11 is 6.20. The average Bonchev–Trinajstić information content (AvgIpc) is 2.87. The van der Waals surface area contributed by atoms with Gasteiger partial charge in [-0.1, -0.05) is 41.9 Å². The zero-order chi connectivity index (χ0) is 14.4. The molecule has 3 heteroatoms. The molecule has 4 aromatic rings. The molecule has 2 nitrogen and oxygen atoms in total. The zero-order valence-corrected chi connectivity index (χ0v) is 12.3. The lowest BCUT2D eigenvalue weighted by Crippen LogP contribution is -1.97. The zero-order valence-electron chi connectivity index (χ0n) is 11.5. The number of aromatic nitrogens is 2. The van der Waals surface area contributed by atoms with Gasteiger partial charge in [-0.25, -0.2) is 4.52 Å². The van der Waals surface area contributed by atoms with Crippen LogP contribution in [0.4, 0.5) is 0 Å². The fourth-order valence-corrected chi connectivity index (χ4v) is 2.97. The number of hydrogen-bond acceptors (Lipinski definition) is 1. The molecule has 0 spiro atoms. The van der Waals surface area contributed by atoms with Gasteiger partial charge in [-0.3, -0.25) is 0 Å². The van der Waals surface area contributed by atoms with E-state index in [-0.39, 0.29) is 0 Å². The van der Waals surface area contributed by atoms with E-state index in [1.807, 2.05) is 28.8 Å². The van der Waals surface area contributed by atoms with Crippen LogP contribution in [0.2, 0.25) is 5.02 Å². The summed E-state index contributed by atoms with van der Waals surface area (Å²) in [6, 6.07) is 20.4. The summed E-state index contributed by atoms with van der Waals surface area (Å²) in [5.41, 5.74) is 5.53. The first-order valence-electron chi connectivity index (χ1n) is 6.87. The molecule has 21 heavy (non-hydrogen) atoms. The second kappa shape index (κ2) is 4.61. The molecule has 102 valence electrons. The molecule has 0 unspecified atom stereocenters. The van der Waals surface area contributed by atoms with Crippen molar-refractivity contribution in [2.45, 2.75) is 6.92 Å². The predicted molar refractivity (Wildman–Crippen MR) is 87.9 cm³/mol. The molecular formula is C18H13ClN2. The number of fused-ring (bicyclic) bond motifs is 2. The molecule has 0 aliphatic carbocycles. The maximum absolute atomic E-state index is 6.20. The first kappa shape index (κ1) is 12.4. The van der Waals surface area contributed by atoms with Crippen molar-refractivity contribution in [3.8, 4) is 11.1 Å². The highest BCUT2D eigenvalue weighted by molar-refractivity contribution is 6.31. The smallest absolute Gasteiger partial charge is 0.0920 e.